The van der Waals surface area contributed by atoms with Crippen LogP contribution < -0.4 is 5.32 Å². The van der Waals surface area contributed by atoms with Crippen molar-refractivity contribution in [2.24, 2.45) is 5.92 Å². The van der Waals surface area contributed by atoms with E-state index in [0.717, 1.165) is 39.0 Å². The number of amides is 1. The highest BCUT2D eigenvalue weighted by Gasteiger charge is 2.32. The van der Waals surface area contributed by atoms with Gasteiger partial charge in [0.25, 0.3) is 0 Å². The molecule has 2 heterocycles. The topological polar surface area (TPSA) is 35.6 Å². The first-order chi connectivity index (χ1) is 8.09. The molecule has 17 heavy (non-hydrogen) atoms. The Morgan fingerprint density at radius 3 is 2.29 bits per heavy atom. The van der Waals surface area contributed by atoms with Gasteiger partial charge in [0.2, 0.25) is 5.91 Å². The molecule has 2 saturated heterocycles. The van der Waals surface area contributed by atoms with Gasteiger partial charge < -0.3 is 15.1 Å². The Balaban J connectivity index is 1.81. The largest absolute Gasteiger partial charge is 0.342 e. The maximum absolute atomic E-state index is 12.1. The van der Waals surface area contributed by atoms with Crippen LogP contribution in [0.2, 0.25) is 0 Å². The van der Waals surface area contributed by atoms with E-state index in [0.29, 0.717) is 18.0 Å². The van der Waals surface area contributed by atoms with E-state index in [9.17, 15) is 4.79 Å². The first-order valence-corrected chi connectivity index (χ1v) is 6.81. The normalized spacial score (nSPS) is 23.8. The van der Waals surface area contributed by atoms with E-state index < -0.39 is 0 Å². The smallest absolute Gasteiger partial charge is 0.228 e. The second-order valence-electron chi connectivity index (χ2n) is 5.67. The van der Waals surface area contributed by atoms with Gasteiger partial charge in [0, 0.05) is 45.3 Å². The second kappa shape index (κ2) is 5.36. The van der Waals surface area contributed by atoms with E-state index >= 15 is 0 Å². The van der Waals surface area contributed by atoms with Crippen LogP contribution in [0.1, 0.15) is 26.7 Å². The van der Waals surface area contributed by atoms with E-state index in [1.807, 2.05) is 11.9 Å². The van der Waals surface area contributed by atoms with Crippen LogP contribution in [0, 0.1) is 5.92 Å². The molecule has 2 fully saturated rings. The van der Waals surface area contributed by atoms with Crippen LogP contribution in [0.4, 0.5) is 0 Å². The molecule has 4 heteroatoms. The minimum atomic E-state index is 0.239. The minimum absolute atomic E-state index is 0.239. The number of hydrogen-bond donors (Lipinski definition) is 1. The average molecular weight is 239 g/mol. The number of nitrogens with one attached hydrogen (secondary N) is 1. The fourth-order valence-electron chi connectivity index (χ4n) is 2.72. The first kappa shape index (κ1) is 12.8. The molecular formula is C13H25N3O. The van der Waals surface area contributed by atoms with Crippen LogP contribution in [0.3, 0.4) is 0 Å². The summed E-state index contributed by atoms with van der Waals surface area (Å²) in [4.78, 5) is 16.6. The molecule has 98 valence electrons. The number of carbonyl (C=O) groups is 1. The molecule has 0 spiro atoms. The highest BCUT2D eigenvalue weighted by molar-refractivity contribution is 5.80. The van der Waals surface area contributed by atoms with E-state index in [2.05, 4.69) is 24.1 Å². The van der Waals surface area contributed by atoms with Gasteiger partial charge in [-0.3, -0.25) is 4.79 Å². The van der Waals surface area contributed by atoms with Crippen molar-refractivity contribution in [2.45, 2.75) is 38.8 Å². The van der Waals surface area contributed by atoms with Crippen molar-refractivity contribution in [3.63, 3.8) is 0 Å². The quantitative estimate of drug-likeness (QED) is 0.781. The Bertz CT molecular complexity index is 268. The standard InChI is InChI=1S/C13H25N3O/c1-10(2)16-6-4-12(5-7-16)15(3)13(17)11-8-14-9-11/h10-12,14H,4-9H2,1-3H3. The molecule has 0 aromatic rings. The van der Waals surface area contributed by atoms with Crippen LogP contribution >= 0.6 is 0 Å². The summed E-state index contributed by atoms with van der Waals surface area (Å²) in [5, 5.41) is 3.17. The van der Waals surface area contributed by atoms with Gasteiger partial charge in [-0.2, -0.15) is 0 Å². The van der Waals surface area contributed by atoms with Gasteiger partial charge in [-0.05, 0) is 26.7 Å². The molecule has 0 aromatic carbocycles. The molecular weight excluding hydrogens is 214 g/mol. The summed E-state index contributed by atoms with van der Waals surface area (Å²) in [6.45, 7) is 8.48. The third kappa shape index (κ3) is 2.80. The highest BCUT2D eigenvalue weighted by atomic mass is 16.2. The van der Waals surface area contributed by atoms with Crippen molar-refractivity contribution >= 4 is 5.91 Å². The summed E-state index contributed by atoms with van der Waals surface area (Å²) in [6.07, 6.45) is 2.25. The summed E-state index contributed by atoms with van der Waals surface area (Å²) < 4.78 is 0. The number of likely N-dealkylation sites (tertiary alicyclic amines) is 1. The zero-order chi connectivity index (χ0) is 12.4. The Labute approximate surface area is 104 Å². The molecule has 1 N–H and O–H groups in total. The molecule has 1 amide bonds. The number of rotatable bonds is 3. The zero-order valence-electron chi connectivity index (χ0n) is 11.3. The molecule has 2 aliphatic rings. The molecule has 0 aromatic heterocycles. The van der Waals surface area contributed by atoms with Gasteiger partial charge in [0.15, 0.2) is 0 Å². The third-order valence-electron chi connectivity index (χ3n) is 4.26. The lowest BCUT2D eigenvalue weighted by atomic mass is 9.97. The maximum Gasteiger partial charge on any atom is 0.228 e. The van der Waals surface area contributed by atoms with E-state index in [-0.39, 0.29) is 5.92 Å². The fraction of sp³-hybridized carbons (Fsp3) is 0.923. The van der Waals surface area contributed by atoms with E-state index in [4.69, 9.17) is 0 Å². The van der Waals surface area contributed by atoms with Crippen molar-refractivity contribution in [3.8, 4) is 0 Å². The lowest BCUT2D eigenvalue weighted by Gasteiger charge is -2.40. The summed E-state index contributed by atoms with van der Waals surface area (Å²) in [6, 6.07) is 1.09. The third-order valence-corrected chi connectivity index (χ3v) is 4.26. The molecule has 0 bridgehead atoms. The number of nitrogens with zero attached hydrogens (tertiary/aromatic N) is 2. The Hall–Kier alpha value is -0.610. The van der Waals surface area contributed by atoms with Crippen molar-refractivity contribution in [2.75, 3.05) is 33.2 Å². The summed E-state index contributed by atoms with van der Waals surface area (Å²) in [5.41, 5.74) is 0. The van der Waals surface area contributed by atoms with Crippen LogP contribution in [-0.2, 0) is 4.79 Å². The molecule has 0 unspecified atom stereocenters. The van der Waals surface area contributed by atoms with Gasteiger partial charge in [-0.15, -0.1) is 0 Å². The molecule has 2 aliphatic heterocycles. The summed E-state index contributed by atoms with van der Waals surface area (Å²) in [5.74, 6) is 0.579. The Morgan fingerprint density at radius 1 is 1.29 bits per heavy atom. The fourth-order valence-corrected chi connectivity index (χ4v) is 2.72. The molecule has 2 rings (SSSR count). The van der Waals surface area contributed by atoms with Crippen LogP contribution in [-0.4, -0.2) is 61.0 Å². The zero-order valence-corrected chi connectivity index (χ0v) is 11.3. The van der Waals surface area contributed by atoms with Crippen molar-refractivity contribution in [3.05, 3.63) is 0 Å². The predicted molar refractivity (Wildman–Crippen MR) is 68.9 cm³/mol. The van der Waals surface area contributed by atoms with Crippen LogP contribution in [0.15, 0.2) is 0 Å². The van der Waals surface area contributed by atoms with Gasteiger partial charge in [0.05, 0.1) is 5.92 Å². The molecule has 0 saturated carbocycles. The molecule has 0 aliphatic carbocycles. The maximum atomic E-state index is 12.1. The number of carbonyl (C=O) groups excluding carboxylic acids is 1. The van der Waals surface area contributed by atoms with Crippen molar-refractivity contribution < 1.29 is 4.79 Å². The highest BCUT2D eigenvalue weighted by Crippen LogP contribution is 2.19. The van der Waals surface area contributed by atoms with E-state index in [1.165, 1.54) is 0 Å². The molecule has 4 nitrogen and oxygen atoms in total. The second-order valence-corrected chi connectivity index (χ2v) is 5.67. The lowest BCUT2D eigenvalue weighted by Crippen LogP contribution is -2.55. The number of hydrogen-bond acceptors (Lipinski definition) is 3. The molecule has 0 atom stereocenters. The van der Waals surface area contributed by atoms with Gasteiger partial charge in [0.1, 0.15) is 0 Å². The Kier molecular flexibility index (Phi) is 4.05. The summed E-state index contributed by atoms with van der Waals surface area (Å²) in [7, 11) is 1.98. The van der Waals surface area contributed by atoms with E-state index in [1.54, 1.807) is 0 Å². The minimum Gasteiger partial charge on any atom is -0.342 e. The first-order valence-electron chi connectivity index (χ1n) is 6.81. The van der Waals surface area contributed by atoms with Crippen LogP contribution in [0.5, 0.6) is 0 Å². The van der Waals surface area contributed by atoms with Crippen LogP contribution in [0.25, 0.3) is 0 Å². The van der Waals surface area contributed by atoms with Gasteiger partial charge >= 0.3 is 0 Å². The monoisotopic (exact) mass is 239 g/mol. The van der Waals surface area contributed by atoms with Crippen molar-refractivity contribution in [1.82, 2.24) is 15.1 Å². The summed E-state index contributed by atoms with van der Waals surface area (Å²) >= 11 is 0. The lowest BCUT2D eigenvalue weighted by molar-refractivity contribution is -0.138. The predicted octanol–water partition coefficient (Wildman–Crippen LogP) is 0.537. The van der Waals surface area contributed by atoms with Crippen molar-refractivity contribution in [1.29, 1.82) is 0 Å². The molecule has 0 radical (unpaired) electrons. The van der Waals surface area contributed by atoms with Gasteiger partial charge in [-0.1, -0.05) is 0 Å². The average Bonchev–Trinajstić information content (AvgIpc) is 2.25. The Morgan fingerprint density at radius 2 is 1.88 bits per heavy atom. The van der Waals surface area contributed by atoms with Gasteiger partial charge in [-0.25, -0.2) is 0 Å². The number of piperidine rings is 1. The SMILES string of the molecule is CC(C)N1CCC(N(C)C(=O)C2CNC2)CC1.